The molecule has 3 heterocycles. The zero-order valence-electron chi connectivity index (χ0n) is 27.3. The van der Waals surface area contributed by atoms with Crippen LogP contribution in [-0.2, 0) is 40.3 Å². The minimum Gasteiger partial charge on any atom is -0.485 e. The van der Waals surface area contributed by atoms with Gasteiger partial charge in [-0.25, -0.2) is 9.78 Å². The molecule has 50 heavy (non-hydrogen) atoms. The maximum absolute atomic E-state index is 13.5. The molecule has 0 spiro atoms. The molecule has 2 aliphatic heterocycles. The first kappa shape index (κ1) is 35.5. The van der Waals surface area contributed by atoms with Gasteiger partial charge < -0.3 is 37.2 Å². The number of β-lactam (4-membered cyclic amide) rings is 1. The number of aliphatic imine (C=N–C) groups is 1. The van der Waals surface area contributed by atoms with Crippen LogP contribution in [0.25, 0.3) is 0 Å². The van der Waals surface area contributed by atoms with E-state index in [-0.39, 0.29) is 29.3 Å². The topological polar surface area (TPSA) is 284 Å². The van der Waals surface area contributed by atoms with Gasteiger partial charge in [-0.15, -0.1) is 15.6 Å². The number of thiazole rings is 1. The van der Waals surface area contributed by atoms with Gasteiger partial charge >= 0.3 is 16.4 Å². The summed E-state index contributed by atoms with van der Waals surface area (Å²) in [4.78, 5) is 53.2. The Balaban J connectivity index is 1.19. The van der Waals surface area contributed by atoms with Crippen molar-refractivity contribution in [3.05, 3.63) is 40.4 Å². The molecule has 2 aliphatic carbocycles. The molecule has 3 fully saturated rings. The van der Waals surface area contributed by atoms with E-state index in [2.05, 4.69) is 19.7 Å². The first-order valence-corrected chi connectivity index (χ1v) is 18.0. The van der Waals surface area contributed by atoms with Crippen LogP contribution < -0.4 is 27.3 Å². The van der Waals surface area contributed by atoms with Gasteiger partial charge in [0.25, 0.3) is 17.4 Å². The molecule has 2 amide bonds. The Morgan fingerprint density at radius 2 is 1.98 bits per heavy atom. The van der Waals surface area contributed by atoms with Gasteiger partial charge in [-0.3, -0.25) is 19.1 Å². The van der Waals surface area contributed by atoms with Crippen molar-refractivity contribution in [3.63, 3.8) is 0 Å². The second-order valence-electron chi connectivity index (χ2n) is 13.6. The van der Waals surface area contributed by atoms with Crippen LogP contribution in [0.2, 0.25) is 0 Å². The zero-order valence-corrected chi connectivity index (χ0v) is 28.9. The summed E-state index contributed by atoms with van der Waals surface area (Å²) in [5.74, 6) is -1.60. The van der Waals surface area contributed by atoms with Crippen LogP contribution in [0.4, 0.5) is 5.13 Å². The summed E-state index contributed by atoms with van der Waals surface area (Å²) in [6, 6.07) is 4.38. The number of nitrogen functional groups attached to an aromatic ring is 1. The van der Waals surface area contributed by atoms with E-state index in [4.69, 9.17) is 36.3 Å². The maximum atomic E-state index is 13.5. The van der Waals surface area contributed by atoms with Crippen molar-refractivity contribution in [2.45, 2.75) is 88.2 Å². The number of nitrogens with one attached hydrogen (secondary N) is 1. The number of aromatic nitrogens is 1. The van der Waals surface area contributed by atoms with E-state index in [0.717, 1.165) is 41.7 Å². The van der Waals surface area contributed by atoms with Crippen LogP contribution in [0.5, 0.6) is 5.75 Å². The molecular weight excluding hydrogens is 697 g/mol. The largest absolute Gasteiger partial charge is 0.485 e. The molecule has 0 bridgehead atoms. The highest BCUT2D eigenvalue weighted by atomic mass is 32.3. The molecule has 2 saturated carbocycles. The number of hydrogen-bond acceptors (Lipinski definition) is 14. The van der Waals surface area contributed by atoms with Gasteiger partial charge in [0.15, 0.2) is 16.9 Å². The van der Waals surface area contributed by atoms with Crippen molar-refractivity contribution in [2.75, 3.05) is 5.73 Å². The third-order valence-corrected chi connectivity index (χ3v) is 10.8. The van der Waals surface area contributed by atoms with E-state index < -0.39 is 57.2 Å². The second-order valence-corrected chi connectivity index (χ2v) is 15.5. The fourth-order valence-electron chi connectivity index (χ4n) is 6.71. The lowest BCUT2D eigenvalue weighted by molar-refractivity contribution is -0.218. The minimum absolute atomic E-state index is 0.0613. The molecule has 2 aromatic rings. The number of anilines is 1. The number of nitrogens with two attached hydrogens (primary N) is 3. The summed E-state index contributed by atoms with van der Waals surface area (Å²) in [5, 5.41) is 18.4. The molecule has 6 rings (SSSR count). The van der Waals surface area contributed by atoms with Crippen molar-refractivity contribution in [1.82, 2.24) is 15.4 Å². The summed E-state index contributed by atoms with van der Waals surface area (Å²) in [7, 11) is -5.03. The molecule has 9 N–H and O–H groups in total. The summed E-state index contributed by atoms with van der Waals surface area (Å²) in [6.07, 6.45) is 2.45. The van der Waals surface area contributed by atoms with Crippen LogP contribution in [-0.4, -0.2) is 92.8 Å². The number of amides is 2. The fourth-order valence-corrected chi connectivity index (χ4v) is 7.71. The smallest absolute Gasteiger partial charge is 0.418 e. The molecule has 1 aromatic heterocycles. The number of hydrogen-bond donors (Lipinski definition) is 6. The molecule has 20 heteroatoms. The van der Waals surface area contributed by atoms with Gasteiger partial charge in [-0.2, -0.15) is 13.5 Å². The molecule has 18 nitrogen and oxygen atoms in total. The van der Waals surface area contributed by atoms with E-state index in [9.17, 15) is 27.9 Å². The number of amidine groups is 1. The lowest BCUT2D eigenvalue weighted by Gasteiger charge is -2.50. The lowest BCUT2D eigenvalue weighted by atomic mass is 9.84. The molecule has 4 aliphatic rings. The minimum atomic E-state index is -5.03. The van der Waals surface area contributed by atoms with E-state index in [0.29, 0.717) is 34.9 Å². The standard InChI is InChI=1S/C30H38N8O10S2/c1-29(2)23(26(40)38(29)48-50(43,44)45)36-25(39)22(19-12-49-28(33)35-19)37-47-30(3,27(41)42)21-9-5-13-10-14(4-8-20(13)46-21)24(32)34-18-7-6-17(31)15-11-16(15)18/h4,8,10,12,15-18,21,23H,5-7,9,11,31H2,1-3H3,(H2,32,34)(H2,33,35)(H,36,39)(H,41,42)(H,43,44,45)/t15-,16+,17-,18-,21?,23?,30?/m0/s1. The Morgan fingerprint density at radius 1 is 1.24 bits per heavy atom. The lowest BCUT2D eigenvalue weighted by Crippen LogP contribution is -2.76. The number of ether oxygens (including phenoxy) is 1. The number of carbonyl (C=O) groups is 3. The second kappa shape index (κ2) is 12.7. The average molecular weight is 735 g/mol. The summed E-state index contributed by atoms with van der Waals surface area (Å²) in [5.41, 5.74) is 15.8. The highest BCUT2D eigenvalue weighted by molar-refractivity contribution is 7.80. The number of carboxylic acids is 1. The number of carbonyl (C=O) groups excluding carboxylic acids is 2. The molecule has 3 unspecified atom stereocenters. The number of aliphatic carboxylic acids is 1. The van der Waals surface area contributed by atoms with E-state index >= 15 is 0 Å². The molecule has 7 atom stereocenters. The number of aryl methyl sites for hydroxylation is 1. The van der Waals surface area contributed by atoms with Crippen molar-refractivity contribution < 1.29 is 46.3 Å². The number of hydroxylamine groups is 2. The Kier molecular flexibility index (Phi) is 9.04. The average Bonchev–Trinajstić information content (AvgIpc) is 3.77. The van der Waals surface area contributed by atoms with Crippen LogP contribution in [0, 0.1) is 11.8 Å². The number of carboxylic acid groups (broad SMARTS) is 1. The Morgan fingerprint density at radius 3 is 2.62 bits per heavy atom. The predicted molar refractivity (Wildman–Crippen MR) is 178 cm³/mol. The first-order valence-electron chi connectivity index (χ1n) is 15.8. The Bertz CT molecular complexity index is 1900. The van der Waals surface area contributed by atoms with E-state index in [1.54, 1.807) is 12.1 Å². The van der Waals surface area contributed by atoms with E-state index in [1.807, 2.05) is 6.07 Å². The van der Waals surface area contributed by atoms with E-state index in [1.165, 1.54) is 26.2 Å². The summed E-state index contributed by atoms with van der Waals surface area (Å²) >= 11 is 0.968. The molecule has 0 radical (unpaired) electrons. The summed E-state index contributed by atoms with van der Waals surface area (Å²) < 4.78 is 41.8. The van der Waals surface area contributed by atoms with Gasteiger partial charge in [-0.1, -0.05) is 5.16 Å². The number of oxime groups is 1. The van der Waals surface area contributed by atoms with Gasteiger partial charge in [0.05, 0.1) is 11.6 Å². The van der Waals surface area contributed by atoms with Crippen molar-refractivity contribution in [1.29, 1.82) is 0 Å². The molecule has 1 saturated heterocycles. The highest BCUT2D eigenvalue weighted by Gasteiger charge is 2.58. The van der Waals surface area contributed by atoms with Gasteiger partial charge in [0.2, 0.25) is 0 Å². The van der Waals surface area contributed by atoms with Crippen molar-refractivity contribution >= 4 is 56.2 Å². The van der Waals surface area contributed by atoms with Gasteiger partial charge in [-0.05, 0) is 88.5 Å². The maximum Gasteiger partial charge on any atom is 0.418 e. The van der Waals surface area contributed by atoms with Crippen LogP contribution >= 0.6 is 11.3 Å². The molecular formula is C30H38N8O10S2. The van der Waals surface area contributed by atoms with Crippen LogP contribution in [0.15, 0.2) is 33.7 Å². The van der Waals surface area contributed by atoms with Crippen LogP contribution in [0.3, 0.4) is 0 Å². The highest BCUT2D eigenvalue weighted by Crippen LogP contribution is 2.50. The van der Waals surface area contributed by atoms with Crippen LogP contribution in [0.1, 0.15) is 63.3 Å². The predicted octanol–water partition coefficient (Wildman–Crippen LogP) is 0.354. The third kappa shape index (κ3) is 6.72. The fraction of sp³-hybridized carbons (Fsp3) is 0.533. The van der Waals surface area contributed by atoms with Gasteiger partial charge in [0, 0.05) is 17.0 Å². The number of fused-ring (bicyclic) bond motifs is 2. The third-order valence-electron chi connectivity index (χ3n) is 9.80. The summed E-state index contributed by atoms with van der Waals surface area (Å²) in [6.45, 7) is 4.00. The number of nitrogens with zero attached hydrogens (tertiary/aromatic N) is 4. The molecule has 1 aromatic carbocycles. The zero-order chi connectivity index (χ0) is 36.3. The molecule has 270 valence electrons. The monoisotopic (exact) mass is 734 g/mol. The normalized spacial score (nSPS) is 28.7. The Labute approximate surface area is 290 Å². The van der Waals surface area contributed by atoms with Crippen molar-refractivity contribution in [3.8, 4) is 5.75 Å². The quantitative estimate of drug-likeness (QED) is 0.0598. The Hall–Kier alpha value is -4.37. The first-order chi connectivity index (χ1) is 23.4. The number of benzene rings is 1. The number of rotatable bonds is 11. The van der Waals surface area contributed by atoms with Gasteiger partial charge in [0.1, 0.15) is 23.3 Å². The SMILES string of the molecule is CC(ON=C(C(=O)NC1C(=O)N(OS(=O)(=O)O)C1(C)C)c1csc(N)n1)(C(=O)O)C1CCc2cc(C(N)=N[C@H]3CC[C@H](N)[C@H]4C[C@H]43)ccc2O1. The van der Waals surface area contributed by atoms with Crippen molar-refractivity contribution in [2.24, 2.45) is 33.5 Å².